The maximum atomic E-state index is 12.0. The van der Waals surface area contributed by atoms with Gasteiger partial charge in [0.15, 0.2) is 0 Å². The molecule has 4 aromatic rings. The van der Waals surface area contributed by atoms with Gasteiger partial charge in [-0.3, -0.25) is 0 Å². The Hall–Kier alpha value is -3.63. The average Bonchev–Trinajstić information content (AvgIpc) is 2.88. The van der Waals surface area contributed by atoms with E-state index in [1.54, 1.807) is 0 Å². The summed E-state index contributed by atoms with van der Waals surface area (Å²) in [5.41, 5.74) is 5.58. The molecule has 0 bridgehead atoms. The van der Waals surface area contributed by atoms with E-state index >= 15 is 0 Å². The molecule has 1 aliphatic heterocycles. The highest BCUT2D eigenvalue weighted by Gasteiger charge is 2.31. The fraction of sp³-hybridized carbons (Fsp3) is 0.281. The Morgan fingerprint density at radius 3 is 2.56 bits per heavy atom. The lowest BCUT2D eigenvalue weighted by molar-refractivity contribution is 0.0695. The number of para-hydroxylation sites is 1. The molecule has 184 valence electrons. The minimum absolute atomic E-state index is 0.0473. The van der Waals surface area contributed by atoms with E-state index in [9.17, 15) is 9.90 Å². The van der Waals surface area contributed by atoms with E-state index in [-0.39, 0.29) is 18.1 Å². The third kappa shape index (κ3) is 4.61. The Kier molecular flexibility index (Phi) is 6.80. The Bertz CT molecular complexity index is 1400. The average molecular weight is 480 g/mol. The Morgan fingerprint density at radius 1 is 0.972 bits per heavy atom. The second-order valence-electron chi connectivity index (χ2n) is 9.88. The summed E-state index contributed by atoms with van der Waals surface area (Å²) in [6, 6.07) is 27.4. The van der Waals surface area contributed by atoms with Gasteiger partial charge in [-0.1, -0.05) is 72.8 Å². The van der Waals surface area contributed by atoms with E-state index in [0.717, 1.165) is 47.4 Å². The van der Waals surface area contributed by atoms with Crippen LogP contribution < -0.4 is 10.1 Å². The van der Waals surface area contributed by atoms with Gasteiger partial charge in [0.05, 0.1) is 5.56 Å². The molecule has 4 aromatic carbocycles. The first-order valence-electron chi connectivity index (χ1n) is 12.7. The molecule has 5 rings (SSSR count). The number of aryl methyl sites for hydroxylation is 1. The topological polar surface area (TPSA) is 58.6 Å². The monoisotopic (exact) mass is 479 g/mol. The van der Waals surface area contributed by atoms with Crippen molar-refractivity contribution in [1.29, 1.82) is 0 Å². The quantitative estimate of drug-likeness (QED) is 0.295. The van der Waals surface area contributed by atoms with Crippen molar-refractivity contribution < 1.29 is 14.6 Å². The van der Waals surface area contributed by atoms with E-state index in [4.69, 9.17) is 4.74 Å². The molecule has 0 fully saturated rings. The molecular weight excluding hydrogens is 446 g/mol. The molecule has 0 saturated carbocycles. The number of ether oxygens (including phenoxy) is 1. The molecule has 2 N–H and O–H groups in total. The predicted molar refractivity (Wildman–Crippen MR) is 145 cm³/mol. The second kappa shape index (κ2) is 10.2. The van der Waals surface area contributed by atoms with Crippen molar-refractivity contribution in [3.8, 4) is 5.75 Å². The molecule has 0 aliphatic carbocycles. The second-order valence-corrected chi connectivity index (χ2v) is 9.88. The third-order valence-corrected chi connectivity index (χ3v) is 7.60. The van der Waals surface area contributed by atoms with E-state index in [2.05, 4.69) is 66.8 Å². The maximum Gasteiger partial charge on any atom is 0.336 e. The number of hydrogen-bond donors (Lipinski definition) is 2. The summed E-state index contributed by atoms with van der Waals surface area (Å²) in [6.45, 7) is 6.85. The predicted octanol–water partition coefficient (Wildman–Crippen LogP) is 7.18. The molecule has 4 nitrogen and oxygen atoms in total. The van der Waals surface area contributed by atoms with Crippen molar-refractivity contribution in [3.63, 3.8) is 0 Å². The Balaban J connectivity index is 1.34. The molecule has 3 atom stereocenters. The minimum atomic E-state index is -0.865. The number of carboxylic acids is 1. The van der Waals surface area contributed by atoms with Gasteiger partial charge in [-0.2, -0.15) is 0 Å². The number of hydrogen-bond acceptors (Lipinski definition) is 3. The van der Waals surface area contributed by atoms with Crippen LogP contribution in [0.25, 0.3) is 10.8 Å². The smallest absolute Gasteiger partial charge is 0.336 e. The van der Waals surface area contributed by atoms with Crippen LogP contribution in [0.3, 0.4) is 0 Å². The van der Waals surface area contributed by atoms with Crippen LogP contribution in [0.5, 0.6) is 5.75 Å². The van der Waals surface area contributed by atoms with Gasteiger partial charge in [-0.05, 0) is 79.3 Å². The largest absolute Gasteiger partial charge is 0.490 e. The molecule has 1 heterocycles. The van der Waals surface area contributed by atoms with Crippen LogP contribution in [0, 0.1) is 13.8 Å². The van der Waals surface area contributed by atoms with Gasteiger partial charge in [-0.25, -0.2) is 4.79 Å². The fourth-order valence-corrected chi connectivity index (χ4v) is 5.73. The summed E-state index contributed by atoms with van der Waals surface area (Å²) in [6.07, 6.45) is 1.74. The van der Waals surface area contributed by atoms with E-state index in [1.807, 2.05) is 38.1 Å². The van der Waals surface area contributed by atoms with Crippen molar-refractivity contribution in [2.45, 2.75) is 51.7 Å². The lowest BCUT2D eigenvalue weighted by Crippen LogP contribution is -2.31. The van der Waals surface area contributed by atoms with Gasteiger partial charge in [0, 0.05) is 17.5 Å². The van der Waals surface area contributed by atoms with Gasteiger partial charge in [0.1, 0.15) is 11.9 Å². The fourth-order valence-electron chi connectivity index (χ4n) is 5.73. The van der Waals surface area contributed by atoms with Crippen molar-refractivity contribution in [1.82, 2.24) is 5.32 Å². The van der Waals surface area contributed by atoms with Crippen LogP contribution in [-0.2, 0) is 0 Å². The van der Waals surface area contributed by atoms with Crippen LogP contribution in [0.1, 0.15) is 69.9 Å². The third-order valence-electron chi connectivity index (χ3n) is 7.60. The molecule has 0 aromatic heterocycles. The molecule has 0 radical (unpaired) electrons. The van der Waals surface area contributed by atoms with E-state index in [1.165, 1.54) is 16.3 Å². The summed E-state index contributed by atoms with van der Waals surface area (Å²) in [7, 11) is 0. The Labute approximate surface area is 212 Å². The highest BCUT2D eigenvalue weighted by atomic mass is 16.5. The molecule has 0 saturated heterocycles. The van der Waals surface area contributed by atoms with E-state index in [0.29, 0.717) is 5.56 Å². The lowest BCUT2D eigenvalue weighted by atomic mass is 9.80. The number of carbonyl (C=O) groups is 1. The van der Waals surface area contributed by atoms with Crippen molar-refractivity contribution in [2.75, 3.05) is 6.54 Å². The lowest BCUT2D eigenvalue weighted by Gasteiger charge is -2.34. The first-order chi connectivity index (χ1) is 17.4. The molecule has 0 unspecified atom stereocenters. The number of nitrogens with one attached hydrogen (secondary N) is 1. The first-order valence-corrected chi connectivity index (χ1v) is 12.7. The summed E-state index contributed by atoms with van der Waals surface area (Å²) < 4.78 is 6.43. The zero-order chi connectivity index (χ0) is 25.2. The maximum absolute atomic E-state index is 12.0. The van der Waals surface area contributed by atoms with Crippen LogP contribution in [0.2, 0.25) is 0 Å². The number of rotatable bonds is 7. The van der Waals surface area contributed by atoms with Gasteiger partial charge < -0.3 is 15.2 Å². The standard InChI is InChI=1S/C32H33NO3/c1-20-15-16-25(21(2)31(20)32(34)35)29-19-24(36-30-14-7-6-12-28(29)30)17-18-33-22(3)26-13-8-10-23-9-4-5-11-27(23)26/h4-16,22,24,29,33H,17-19H2,1-3H3,(H,34,35)/t22-,24+,29+/m1/s1. The van der Waals surface area contributed by atoms with Gasteiger partial charge in [-0.15, -0.1) is 0 Å². The SMILES string of the molecule is Cc1ccc([C@@H]2C[C@H](CCN[C@H](C)c3cccc4ccccc34)Oc3ccccc32)c(C)c1C(=O)O. The van der Waals surface area contributed by atoms with Crippen LogP contribution in [-0.4, -0.2) is 23.7 Å². The number of aromatic carboxylic acids is 1. The summed E-state index contributed by atoms with van der Waals surface area (Å²) in [5.74, 6) is 0.141. The van der Waals surface area contributed by atoms with Crippen LogP contribution in [0.15, 0.2) is 78.9 Å². The zero-order valence-electron chi connectivity index (χ0n) is 21.1. The summed E-state index contributed by atoms with van der Waals surface area (Å²) in [4.78, 5) is 12.0. The minimum Gasteiger partial charge on any atom is -0.490 e. The summed E-state index contributed by atoms with van der Waals surface area (Å²) >= 11 is 0. The van der Waals surface area contributed by atoms with E-state index < -0.39 is 5.97 Å². The molecule has 1 aliphatic rings. The van der Waals surface area contributed by atoms with Gasteiger partial charge in [0.2, 0.25) is 0 Å². The molecule has 0 amide bonds. The number of carboxylic acid groups (broad SMARTS) is 1. The molecular formula is C32H33NO3. The van der Waals surface area contributed by atoms with Crippen molar-refractivity contribution in [3.05, 3.63) is 112 Å². The Morgan fingerprint density at radius 2 is 1.72 bits per heavy atom. The van der Waals surface area contributed by atoms with Gasteiger partial charge in [0.25, 0.3) is 0 Å². The van der Waals surface area contributed by atoms with Crippen LogP contribution in [0.4, 0.5) is 0 Å². The highest BCUT2D eigenvalue weighted by molar-refractivity contribution is 5.91. The summed E-state index contributed by atoms with van der Waals surface area (Å²) in [5, 5.41) is 16.1. The van der Waals surface area contributed by atoms with Crippen LogP contribution >= 0.6 is 0 Å². The number of benzene rings is 4. The van der Waals surface area contributed by atoms with Crippen molar-refractivity contribution >= 4 is 16.7 Å². The van der Waals surface area contributed by atoms with Crippen molar-refractivity contribution in [2.24, 2.45) is 0 Å². The zero-order valence-corrected chi connectivity index (χ0v) is 21.1. The molecule has 0 spiro atoms. The highest BCUT2D eigenvalue weighted by Crippen LogP contribution is 2.42. The first kappa shape index (κ1) is 24.1. The number of fused-ring (bicyclic) bond motifs is 2. The van der Waals surface area contributed by atoms with Gasteiger partial charge >= 0.3 is 5.97 Å². The normalized spacial score (nSPS) is 17.9. The molecule has 36 heavy (non-hydrogen) atoms. The molecule has 4 heteroatoms.